The summed E-state index contributed by atoms with van der Waals surface area (Å²) in [5, 5.41) is 4.50. The molecule has 5 rings (SSSR count). The molecule has 0 spiro atoms. The Bertz CT molecular complexity index is 938. The first-order valence-corrected chi connectivity index (χ1v) is 10.3. The molecule has 1 aromatic heterocycles. The van der Waals surface area contributed by atoms with Crippen molar-refractivity contribution in [1.82, 2.24) is 10.1 Å². The molecule has 0 saturated carbocycles. The van der Waals surface area contributed by atoms with E-state index in [0.717, 1.165) is 41.0 Å². The predicted molar refractivity (Wildman–Crippen MR) is 108 cm³/mol. The van der Waals surface area contributed by atoms with Crippen LogP contribution in [0.2, 0.25) is 0 Å². The zero-order chi connectivity index (χ0) is 19.6. The minimum atomic E-state index is -0.293. The molecule has 1 unspecified atom stereocenters. The van der Waals surface area contributed by atoms with E-state index in [1.807, 2.05) is 41.3 Å². The average Bonchev–Trinajstić information content (AvgIpc) is 3.45. The lowest BCUT2D eigenvalue weighted by Gasteiger charge is -2.29. The normalized spacial score (nSPS) is 18.8. The molecule has 0 bridgehead atoms. The lowest BCUT2D eigenvalue weighted by Crippen LogP contribution is -2.42. The molecule has 148 valence electrons. The highest BCUT2D eigenvalue weighted by Crippen LogP contribution is 2.36. The van der Waals surface area contributed by atoms with Gasteiger partial charge in [-0.3, -0.25) is 4.79 Å². The molecule has 3 aromatic rings. The van der Waals surface area contributed by atoms with Crippen LogP contribution in [0.25, 0.3) is 0 Å². The maximum atomic E-state index is 12.9. The van der Waals surface area contributed by atoms with Crippen LogP contribution < -0.4 is 0 Å². The quantitative estimate of drug-likeness (QED) is 0.680. The molecule has 29 heavy (non-hydrogen) atoms. The fourth-order valence-electron chi connectivity index (χ4n) is 4.42. The van der Waals surface area contributed by atoms with Gasteiger partial charge in [0.2, 0.25) is 0 Å². The number of amides is 1. The van der Waals surface area contributed by atoms with E-state index in [9.17, 15) is 4.79 Å². The van der Waals surface area contributed by atoms with Gasteiger partial charge in [-0.05, 0) is 24.0 Å². The molecule has 3 heterocycles. The fourth-order valence-corrected chi connectivity index (χ4v) is 4.42. The number of fused-ring (bicyclic) bond motifs is 1. The monoisotopic (exact) mass is 388 g/mol. The third-order valence-corrected chi connectivity index (χ3v) is 5.91. The maximum Gasteiger partial charge on any atom is 0.252 e. The Kier molecular flexibility index (Phi) is 4.90. The molecule has 2 aliphatic rings. The second kappa shape index (κ2) is 7.84. The molecular weight excluding hydrogens is 364 g/mol. The van der Waals surface area contributed by atoms with Crippen molar-refractivity contribution in [2.24, 2.45) is 0 Å². The second-order valence-corrected chi connectivity index (χ2v) is 7.74. The Morgan fingerprint density at radius 1 is 1.03 bits per heavy atom. The Morgan fingerprint density at radius 3 is 2.34 bits per heavy atom. The number of hydrogen-bond donors (Lipinski definition) is 0. The Hall–Kier alpha value is -2.92. The molecule has 1 atom stereocenters. The Labute approximate surface area is 170 Å². The molecule has 1 amide bonds. The summed E-state index contributed by atoms with van der Waals surface area (Å²) in [4.78, 5) is 14.8. The number of aromatic nitrogens is 1. The number of nitrogens with zero attached hydrogens (tertiary/aromatic N) is 2. The van der Waals surface area contributed by atoms with E-state index < -0.39 is 0 Å². The molecule has 2 aromatic carbocycles. The number of benzene rings is 2. The SMILES string of the molecule is O=C(C1CCCO1)N1CCc2onc(C(c3ccccc3)c3ccccc3)c2C1. The highest BCUT2D eigenvalue weighted by Gasteiger charge is 2.35. The van der Waals surface area contributed by atoms with Gasteiger partial charge in [0.1, 0.15) is 17.6 Å². The summed E-state index contributed by atoms with van der Waals surface area (Å²) in [6, 6.07) is 20.7. The van der Waals surface area contributed by atoms with Crippen molar-refractivity contribution in [3.63, 3.8) is 0 Å². The van der Waals surface area contributed by atoms with E-state index >= 15 is 0 Å². The van der Waals surface area contributed by atoms with Crippen LogP contribution in [-0.2, 0) is 22.5 Å². The number of hydrogen-bond acceptors (Lipinski definition) is 4. The zero-order valence-electron chi connectivity index (χ0n) is 16.3. The average molecular weight is 388 g/mol. The van der Waals surface area contributed by atoms with Gasteiger partial charge in [-0.15, -0.1) is 0 Å². The summed E-state index contributed by atoms with van der Waals surface area (Å²) >= 11 is 0. The fraction of sp³-hybridized carbons (Fsp3) is 0.333. The minimum Gasteiger partial charge on any atom is -0.368 e. The van der Waals surface area contributed by atoms with E-state index in [2.05, 4.69) is 29.4 Å². The van der Waals surface area contributed by atoms with Crippen molar-refractivity contribution in [3.8, 4) is 0 Å². The van der Waals surface area contributed by atoms with Gasteiger partial charge in [0.25, 0.3) is 5.91 Å². The summed E-state index contributed by atoms with van der Waals surface area (Å²) in [6.45, 7) is 1.86. The standard InChI is InChI=1S/C24H24N2O3/c27-24(21-12-7-15-28-21)26-14-13-20-19(16-26)23(25-29-20)22(17-8-3-1-4-9-17)18-10-5-2-6-11-18/h1-6,8-11,21-22H,7,12-16H2. The van der Waals surface area contributed by atoms with Crippen LogP contribution in [0.3, 0.4) is 0 Å². The van der Waals surface area contributed by atoms with Crippen molar-refractivity contribution >= 4 is 5.91 Å². The topological polar surface area (TPSA) is 55.6 Å². The van der Waals surface area contributed by atoms with Gasteiger partial charge >= 0.3 is 0 Å². The Balaban J connectivity index is 1.51. The zero-order valence-corrected chi connectivity index (χ0v) is 16.3. The summed E-state index contributed by atoms with van der Waals surface area (Å²) in [5.74, 6) is 0.965. The second-order valence-electron chi connectivity index (χ2n) is 7.74. The van der Waals surface area contributed by atoms with Crippen LogP contribution in [-0.4, -0.2) is 35.2 Å². The van der Waals surface area contributed by atoms with Gasteiger partial charge in [-0.2, -0.15) is 0 Å². The van der Waals surface area contributed by atoms with E-state index in [4.69, 9.17) is 9.26 Å². The van der Waals surface area contributed by atoms with Crippen molar-refractivity contribution in [3.05, 3.63) is 88.8 Å². The summed E-state index contributed by atoms with van der Waals surface area (Å²) < 4.78 is 11.4. The largest absolute Gasteiger partial charge is 0.368 e. The smallest absolute Gasteiger partial charge is 0.252 e. The number of carbonyl (C=O) groups excluding carboxylic acids is 1. The van der Waals surface area contributed by atoms with Crippen molar-refractivity contribution < 1.29 is 14.1 Å². The molecule has 1 fully saturated rings. The number of rotatable bonds is 4. The van der Waals surface area contributed by atoms with E-state index in [1.54, 1.807) is 0 Å². The first-order chi connectivity index (χ1) is 14.3. The van der Waals surface area contributed by atoms with Crippen LogP contribution in [0, 0.1) is 0 Å². The van der Waals surface area contributed by atoms with Gasteiger partial charge in [-0.1, -0.05) is 65.8 Å². The van der Waals surface area contributed by atoms with Crippen LogP contribution in [0.15, 0.2) is 65.2 Å². The molecule has 0 radical (unpaired) electrons. The van der Waals surface area contributed by atoms with Gasteiger partial charge in [0.15, 0.2) is 0 Å². The van der Waals surface area contributed by atoms with Gasteiger partial charge < -0.3 is 14.2 Å². The third-order valence-electron chi connectivity index (χ3n) is 5.91. The first-order valence-electron chi connectivity index (χ1n) is 10.3. The van der Waals surface area contributed by atoms with Gasteiger partial charge in [-0.25, -0.2) is 0 Å². The van der Waals surface area contributed by atoms with E-state index in [0.29, 0.717) is 26.1 Å². The lowest BCUT2D eigenvalue weighted by molar-refractivity contribution is -0.141. The van der Waals surface area contributed by atoms with Crippen LogP contribution in [0.1, 0.15) is 46.9 Å². The Morgan fingerprint density at radius 2 is 1.72 bits per heavy atom. The van der Waals surface area contributed by atoms with Crippen LogP contribution in [0.4, 0.5) is 0 Å². The molecule has 5 nitrogen and oxygen atoms in total. The number of ether oxygens (including phenoxy) is 1. The highest BCUT2D eigenvalue weighted by molar-refractivity contribution is 5.81. The molecule has 0 N–H and O–H groups in total. The van der Waals surface area contributed by atoms with E-state index in [-0.39, 0.29) is 17.9 Å². The van der Waals surface area contributed by atoms with Gasteiger partial charge in [0.05, 0.1) is 12.5 Å². The highest BCUT2D eigenvalue weighted by atomic mass is 16.5. The minimum absolute atomic E-state index is 0.0253. The van der Waals surface area contributed by atoms with Crippen molar-refractivity contribution in [2.45, 2.75) is 37.8 Å². The first kappa shape index (κ1) is 18.1. The summed E-state index contributed by atoms with van der Waals surface area (Å²) in [5.41, 5.74) is 4.28. The molecular formula is C24H24N2O3. The summed E-state index contributed by atoms with van der Waals surface area (Å²) in [6.07, 6.45) is 2.17. The van der Waals surface area contributed by atoms with Crippen LogP contribution in [0.5, 0.6) is 0 Å². The molecule has 1 saturated heterocycles. The van der Waals surface area contributed by atoms with Gasteiger partial charge in [0, 0.05) is 25.1 Å². The molecule has 2 aliphatic heterocycles. The molecule has 0 aliphatic carbocycles. The van der Waals surface area contributed by atoms with Crippen molar-refractivity contribution in [2.75, 3.05) is 13.2 Å². The predicted octanol–water partition coefficient (Wildman–Crippen LogP) is 3.92. The van der Waals surface area contributed by atoms with Crippen molar-refractivity contribution in [1.29, 1.82) is 0 Å². The van der Waals surface area contributed by atoms with Crippen LogP contribution >= 0.6 is 0 Å². The lowest BCUT2D eigenvalue weighted by atomic mass is 9.85. The maximum absolute atomic E-state index is 12.9. The number of carbonyl (C=O) groups is 1. The summed E-state index contributed by atoms with van der Waals surface area (Å²) in [7, 11) is 0. The van der Waals surface area contributed by atoms with E-state index in [1.165, 1.54) is 0 Å². The molecule has 5 heteroatoms. The third kappa shape index (κ3) is 3.47.